The zero-order valence-corrected chi connectivity index (χ0v) is 6.77. The van der Waals surface area contributed by atoms with Gasteiger partial charge in [0.15, 0.2) is 0 Å². The van der Waals surface area contributed by atoms with Gasteiger partial charge in [-0.1, -0.05) is 6.07 Å². The molecule has 0 aromatic carbocycles. The van der Waals surface area contributed by atoms with E-state index in [2.05, 4.69) is 23.3 Å². The molecule has 1 heterocycles. The van der Waals surface area contributed by atoms with Gasteiger partial charge in [0.25, 0.3) is 0 Å². The molecule has 0 aliphatic carbocycles. The summed E-state index contributed by atoms with van der Waals surface area (Å²) in [5, 5.41) is 7.63. The van der Waals surface area contributed by atoms with Crippen LogP contribution in [0.5, 0.6) is 0 Å². The maximum absolute atomic E-state index is 3.75. The van der Waals surface area contributed by atoms with Crippen LogP contribution in [0.15, 0.2) is 22.6 Å². The molecule has 3 heteroatoms. The lowest BCUT2D eigenvalue weighted by molar-refractivity contribution is 0.353. The Bertz CT molecular complexity index is 193. The molecule has 0 amide bonds. The molecule has 0 radical (unpaired) electrons. The molecule has 0 bridgehead atoms. The Kier molecular flexibility index (Phi) is 2.45. The van der Waals surface area contributed by atoms with E-state index in [1.165, 1.54) is 4.88 Å². The van der Waals surface area contributed by atoms with E-state index in [1.807, 2.05) is 18.1 Å². The molecule has 2 nitrogen and oxygen atoms in total. The van der Waals surface area contributed by atoms with Crippen LogP contribution in [0.1, 0.15) is 4.88 Å². The Balaban J connectivity index is 2.47. The number of hydrazone groups is 1. The first kappa shape index (κ1) is 7.28. The van der Waals surface area contributed by atoms with Crippen molar-refractivity contribution < 1.29 is 0 Å². The van der Waals surface area contributed by atoms with E-state index in [0.717, 1.165) is 6.54 Å². The molecule has 54 valence electrons. The molecular formula is C7H10N2S. The number of rotatable bonds is 3. The van der Waals surface area contributed by atoms with Crippen molar-refractivity contribution >= 4 is 18.1 Å². The smallest absolute Gasteiger partial charge is 0.0700 e. The van der Waals surface area contributed by atoms with Crippen molar-refractivity contribution in [3.05, 3.63) is 22.4 Å². The van der Waals surface area contributed by atoms with Crippen molar-refractivity contribution in [1.82, 2.24) is 5.01 Å². The Hall–Kier alpha value is -0.830. The minimum absolute atomic E-state index is 0.862. The lowest BCUT2D eigenvalue weighted by Gasteiger charge is -2.08. The van der Waals surface area contributed by atoms with Crippen LogP contribution >= 0.6 is 11.3 Å². The third-order valence-electron chi connectivity index (χ3n) is 1.21. The molecule has 0 aliphatic heterocycles. The van der Waals surface area contributed by atoms with Gasteiger partial charge in [-0.25, -0.2) is 0 Å². The van der Waals surface area contributed by atoms with Gasteiger partial charge in [-0.15, -0.1) is 11.3 Å². The fourth-order valence-electron chi connectivity index (χ4n) is 0.678. The van der Waals surface area contributed by atoms with Gasteiger partial charge in [-0.3, -0.25) is 5.01 Å². The molecule has 0 spiro atoms. The van der Waals surface area contributed by atoms with Crippen LogP contribution in [-0.2, 0) is 6.54 Å². The summed E-state index contributed by atoms with van der Waals surface area (Å²) >= 11 is 1.74. The van der Waals surface area contributed by atoms with E-state index in [1.54, 1.807) is 11.3 Å². The molecule has 0 saturated carbocycles. The number of thiophene rings is 1. The Morgan fingerprint density at radius 1 is 1.80 bits per heavy atom. The molecule has 0 N–H and O–H groups in total. The molecule has 0 fully saturated rings. The quantitative estimate of drug-likeness (QED) is 0.479. The molecule has 1 rings (SSSR count). The monoisotopic (exact) mass is 154 g/mol. The maximum Gasteiger partial charge on any atom is 0.0700 e. The predicted octanol–water partition coefficient (Wildman–Crippen LogP) is 1.80. The zero-order valence-electron chi connectivity index (χ0n) is 5.95. The molecule has 0 unspecified atom stereocenters. The highest BCUT2D eigenvalue weighted by molar-refractivity contribution is 7.09. The fourth-order valence-corrected chi connectivity index (χ4v) is 1.43. The molecule has 1 aromatic rings. The van der Waals surface area contributed by atoms with Gasteiger partial charge in [0, 0.05) is 18.6 Å². The highest BCUT2D eigenvalue weighted by Gasteiger charge is 1.94. The van der Waals surface area contributed by atoms with Crippen molar-refractivity contribution in [2.75, 3.05) is 7.05 Å². The second kappa shape index (κ2) is 3.37. The van der Waals surface area contributed by atoms with Crippen molar-refractivity contribution in [3.63, 3.8) is 0 Å². The van der Waals surface area contributed by atoms with Gasteiger partial charge >= 0.3 is 0 Å². The first-order valence-electron chi connectivity index (χ1n) is 3.03. The van der Waals surface area contributed by atoms with E-state index < -0.39 is 0 Å². The second-order valence-electron chi connectivity index (χ2n) is 2.04. The van der Waals surface area contributed by atoms with Gasteiger partial charge in [0.1, 0.15) is 0 Å². The summed E-state index contributed by atoms with van der Waals surface area (Å²) in [5.74, 6) is 0. The molecule has 10 heavy (non-hydrogen) atoms. The topological polar surface area (TPSA) is 15.6 Å². The minimum Gasteiger partial charge on any atom is -0.295 e. The van der Waals surface area contributed by atoms with E-state index in [0.29, 0.717) is 0 Å². The zero-order chi connectivity index (χ0) is 7.40. The molecule has 0 aliphatic rings. The molecule has 0 saturated heterocycles. The number of hydrogen-bond donors (Lipinski definition) is 0. The predicted molar refractivity (Wildman–Crippen MR) is 45.3 cm³/mol. The number of hydrogen-bond acceptors (Lipinski definition) is 3. The summed E-state index contributed by atoms with van der Waals surface area (Å²) in [4.78, 5) is 1.31. The van der Waals surface area contributed by atoms with Crippen LogP contribution in [0.4, 0.5) is 0 Å². The van der Waals surface area contributed by atoms with Crippen LogP contribution in [0, 0.1) is 0 Å². The van der Waals surface area contributed by atoms with E-state index in [9.17, 15) is 0 Å². The average Bonchev–Trinajstić information content (AvgIpc) is 2.40. The van der Waals surface area contributed by atoms with Crippen LogP contribution in [0.3, 0.4) is 0 Å². The van der Waals surface area contributed by atoms with Crippen molar-refractivity contribution in [3.8, 4) is 0 Å². The highest BCUT2D eigenvalue weighted by atomic mass is 32.1. The van der Waals surface area contributed by atoms with Crippen LogP contribution in [-0.4, -0.2) is 18.8 Å². The fraction of sp³-hybridized carbons (Fsp3) is 0.286. The normalized spacial score (nSPS) is 9.30. The van der Waals surface area contributed by atoms with Gasteiger partial charge in [-0.2, -0.15) is 5.10 Å². The Morgan fingerprint density at radius 3 is 3.10 bits per heavy atom. The largest absolute Gasteiger partial charge is 0.295 e. The van der Waals surface area contributed by atoms with Crippen LogP contribution in [0.2, 0.25) is 0 Å². The summed E-state index contributed by atoms with van der Waals surface area (Å²) in [7, 11) is 1.91. The Labute approximate surface area is 64.8 Å². The third-order valence-corrected chi connectivity index (χ3v) is 2.07. The second-order valence-corrected chi connectivity index (χ2v) is 3.07. The van der Waals surface area contributed by atoms with Gasteiger partial charge in [0.05, 0.1) is 6.54 Å². The van der Waals surface area contributed by atoms with Crippen molar-refractivity contribution in [2.24, 2.45) is 5.10 Å². The summed E-state index contributed by atoms with van der Waals surface area (Å²) in [6.07, 6.45) is 0. The maximum atomic E-state index is 3.75. The summed E-state index contributed by atoms with van der Waals surface area (Å²) in [6, 6.07) is 4.13. The highest BCUT2D eigenvalue weighted by Crippen LogP contribution is 2.10. The first-order valence-corrected chi connectivity index (χ1v) is 3.91. The van der Waals surface area contributed by atoms with Crippen LogP contribution in [0.25, 0.3) is 0 Å². The lowest BCUT2D eigenvalue weighted by Crippen LogP contribution is -2.07. The standard InChI is InChI=1S/C7H10N2S/c1-8-9(2)6-7-4-3-5-10-7/h3-5H,1,6H2,2H3. The first-order chi connectivity index (χ1) is 4.83. The average molecular weight is 154 g/mol. The van der Waals surface area contributed by atoms with Crippen molar-refractivity contribution in [1.29, 1.82) is 0 Å². The lowest BCUT2D eigenvalue weighted by atomic mass is 10.5. The Morgan fingerprint density at radius 2 is 2.60 bits per heavy atom. The van der Waals surface area contributed by atoms with Crippen molar-refractivity contribution in [2.45, 2.75) is 6.54 Å². The molecular weight excluding hydrogens is 144 g/mol. The van der Waals surface area contributed by atoms with Gasteiger partial charge in [0.2, 0.25) is 0 Å². The molecule has 1 aromatic heterocycles. The van der Waals surface area contributed by atoms with E-state index >= 15 is 0 Å². The van der Waals surface area contributed by atoms with E-state index in [-0.39, 0.29) is 0 Å². The summed E-state index contributed by atoms with van der Waals surface area (Å²) in [6.45, 7) is 4.28. The third kappa shape index (κ3) is 1.84. The summed E-state index contributed by atoms with van der Waals surface area (Å²) < 4.78 is 0. The summed E-state index contributed by atoms with van der Waals surface area (Å²) in [5.41, 5.74) is 0. The van der Waals surface area contributed by atoms with Gasteiger partial charge < -0.3 is 0 Å². The number of nitrogens with zero attached hydrogens (tertiary/aromatic N) is 2. The molecule has 0 atom stereocenters. The van der Waals surface area contributed by atoms with Gasteiger partial charge in [-0.05, 0) is 11.4 Å². The van der Waals surface area contributed by atoms with E-state index in [4.69, 9.17) is 0 Å². The SMILES string of the molecule is C=NN(C)Cc1cccs1. The minimum atomic E-state index is 0.862. The van der Waals surface area contributed by atoms with Crippen LogP contribution < -0.4 is 0 Å².